The second kappa shape index (κ2) is 6.03. The van der Waals surface area contributed by atoms with Gasteiger partial charge in [0.15, 0.2) is 0 Å². The third-order valence-electron chi connectivity index (χ3n) is 3.83. The Hall–Kier alpha value is -0.910. The fraction of sp³-hybridized carbons (Fsp3) is 0.571. The highest BCUT2D eigenvalue weighted by Gasteiger charge is 2.24. The molecule has 1 aromatic rings. The van der Waals surface area contributed by atoms with Crippen molar-refractivity contribution in [1.82, 2.24) is 4.72 Å². The average Bonchev–Trinajstić information content (AvgIpc) is 2.38. The maximum Gasteiger partial charge on any atom is 0.240 e. The monoisotopic (exact) mass is 282 g/mol. The predicted octanol–water partition coefficient (Wildman–Crippen LogP) is 1.79. The molecule has 0 bridgehead atoms. The Balaban J connectivity index is 1.99. The zero-order valence-electron chi connectivity index (χ0n) is 11.3. The second-order valence-electron chi connectivity index (χ2n) is 5.37. The highest BCUT2D eigenvalue weighted by molar-refractivity contribution is 7.89. The zero-order chi connectivity index (χ0) is 13.9. The van der Waals surface area contributed by atoms with Gasteiger partial charge in [0.1, 0.15) is 0 Å². The van der Waals surface area contributed by atoms with Crippen LogP contribution in [0.15, 0.2) is 29.2 Å². The number of nitrogens with two attached hydrogens (primary N) is 1. The van der Waals surface area contributed by atoms with E-state index in [-0.39, 0.29) is 12.0 Å². The van der Waals surface area contributed by atoms with Crippen LogP contribution in [0.2, 0.25) is 0 Å². The summed E-state index contributed by atoms with van der Waals surface area (Å²) in [6.45, 7) is 2.38. The van der Waals surface area contributed by atoms with Crippen molar-refractivity contribution in [2.75, 3.05) is 6.54 Å². The molecule has 1 saturated carbocycles. The molecule has 0 spiro atoms. The lowest BCUT2D eigenvalue weighted by molar-refractivity contribution is 0.308. The van der Waals surface area contributed by atoms with Gasteiger partial charge in [-0.05, 0) is 37.8 Å². The fourth-order valence-corrected chi connectivity index (χ4v) is 3.60. The number of sulfonamides is 1. The van der Waals surface area contributed by atoms with E-state index < -0.39 is 10.0 Å². The van der Waals surface area contributed by atoms with Gasteiger partial charge in [0.2, 0.25) is 10.0 Å². The van der Waals surface area contributed by atoms with Crippen LogP contribution in [0.3, 0.4) is 0 Å². The zero-order valence-corrected chi connectivity index (χ0v) is 12.1. The van der Waals surface area contributed by atoms with Gasteiger partial charge in [-0.2, -0.15) is 0 Å². The first-order valence-corrected chi connectivity index (χ1v) is 8.29. The van der Waals surface area contributed by atoms with Crippen molar-refractivity contribution < 1.29 is 8.42 Å². The molecule has 5 heteroatoms. The van der Waals surface area contributed by atoms with Crippen molar-refractivity contribution in [2.24, 2.45) is 11.7 Å². The lowest BCUT2D eigenvalue weighted by atomic mass is 9.85. The first-order valence-electron chi connectivity index (χ1n) is 6.81. The van der Waals surface area contributed by atoms with Crippen LogP contribution in [0.25, 0.3) is 0 Å². The molecule has 19 heavy (non-hydrogen) atoms. The van der Waals surface area contributed by atoms with E-state index in [0.29, 0.717) is 11.4 Å². The molecule has 1 aliphatic rings. The van der Waals surface area contributed by atoms with Gasteiger partial charge in [-0.15, -0.1) is 0 Å². The van der Waals surface area contributed by atoms with Crippen molar-refractivity contribution >= 4 is 10.0 Å². The Bertz CT molecular complexity index is 511. The normalized spacial score (nSPS) is 24.3. The summed E-state index contributed by atoms with van der Waals surface area (Å²) < 4.78 is 27.0. The van der Waals surface area contributed by atoms with Crippen molar-refractivity contribution in [3.8, 4) is 0 Å². The van der Waals surface area contributed by atoms with Crippen LogP contribution in [0, 0.1) is 12.8 Å². The molecular formula is C14H22N2O2S. The minimum absolute atomic E-state index is 0.120. The van der Waals surface area contributed by atoms with Crippen LogP contribution >= 0.6 is 0 Å². The molecule has 2 atom stereocenters. The minimum Gasteiger partial charge on any atom is -0.327 e. The predicted molar refractivity (Wildman–Crippen MR) is 76.3 cm³/mol. The van der Waals surface area contributed by atoms with Gasteiger partial charge >= 0.3 is 0 Å². The maximum absolute atomic E-state index is 12.1. The fourth-order valence-electron chi connectivity index (χ4n) is 2.51. The second-order valence-corrected chi connectivity index (χ2v) is 7.14. The summed E-state index contributed by atoms with van der Waals surface area (Å²) in [5.74, 6) is 0.258. The number of aryl methyl sites for hydroxylation is 1. The van der Waals surface area contributed by atoms with Crippen molar-refractivity contribution in [2.45, 2.75) is 43.5 Å². The Morgan fingerprint density at radius 3 is 2.47 bits per heavy atom. The van der Waals surface area contributed by atoms with E-state index in [1.807, 2.05) is 6.92 Å². The van der Waals surface area contributed by atoms with Crippen molar-refractivity contribution in [3.05, 3.63) is 29.8 Å². The molecule has 1 aromatic carbocycles. The Labute approximate surface area is 115 Å². The van der Waals surface area contributed by atoms with E-state index in [1.54, 1.807) is 24.3 Å². The molecule has 106 valence electrons. The third kappa shape index (κ3) is 3.78. The summed E-state index contributed by atoms with van der Waals surface area (Å²) in [5, 5.41) is 0. The standard InChI is InChI=1S/C14H22N2O2S/c1-11-6-8-13(9-7-11)19(17,18)16-10-12-4-2-3-5-14(12)15/h6-9,12,14,16H,2-5,10,15H2,1H3/t12-,14-/m0/s1. The largest absolute Gasteiger partial charge is 0.327 e. The van der Waals surface area contributed by atoms with Gasteiger partial charge in [0.05, 0.1) is 4.90 Å². The van der Waals surface area contributed by atoms with Gasteiger partial charge in [0, 0.05) is 12.6 Å². The molecule has 4 nitrogen and oxygen atoms in total. The molecule has 0 aromatic heterocycles. The van der Waals surface area contributed by atoms with E-state index in [9.17, 15) is 8.42 Å². The Morgan fingerprint density at radius 2 is 1.84 bits per heavy atom. The van der Waals surface area contributed by atoms with Gasteiger partial charge < -0.3 is 5.73 Å². The molecule has 0 aliphatic heterocycles. The Kier molecular flexibility index (Phi) is 4.60. The minimum atomic E-state index is -3.41. The molecule has 0 radical (unpaired) electrons. The van der Waals surface area contributed by atoms with Gasteiger partial charge in [0.25, 0.3) is 0 Å². The first-order chi connectivity index (χ1) is 8.99. The summed E-state index contributed by atoms with van der Waals surface area (Å²) in [6, 6.07) is 7.01. The van der Waals surface area contributed by atoms with Crippen LogP contribution in [0.5, 0.6) is 0 Å². The Morgan fingerprint density at radius 1 is 1.21 bits per heavy atom. The molecule has 0 saturated heterocycles. The lowest BCUT2D eigenvalue weighted by Gasteiger charge is -2.28. The van der Waals surface area contributed by atoms with Crippen LogP contribution in [-0.4, -0.2) is 21.0 Å². The van der Waals surface area contributed by atoms with Gasteiger partial charge in [-0.25, -0.2) is 13.1 Å². The quantitative estimate of drug-likeness (QED) is 0.884. The first kappa shape index (κ1) is 14.5. The highest BCUT2D eigenvalue weighted by atomic mass is 32.2. The van der Waals surface area contributed by atoms with Crippen LogP contribution in [0.1, 0.15) is 31.2 Å². The van der Waals surface area contributed by atoms with E-state index >= 15 is 0 Å². The molecule has 1 aliphatic carbocycles. The van der Waals surface area contributed by atoms with Gasteiger partial charge in [-0.1, -0.05) is 30.5 Å². The van der Waals surface area contributed by atoms with Crippen LogP contribution in [0.4, 0.5) is 0 Å². The molecule has 3 N–H and O–H groups in total. The maximum atomic E-state index is 12.1. The number of rotatable bonds is 4. The van der Waals surface area contributed by atoms with E-state index in [0.717, 1.165) is 31.2 Å². The number of benzene rings is 1. The molecule has 0 amide bonds. The molecular weight excluding hydrogens is 260 g/mol. The average molecular weight is 282 g/mol. The number of hydrogen-bond acceptors (Lipinski definition) is 3. The lowest BCUT2D eigenvalue weighted by Crippen LogP contribution is -2.41. The highest BCUT2D eigenvalue weighted by Crippen LogP contribution is 2.22. The molecule has 1 fully saturated rings. The summed E-state index contributed by atoms with van der Waals surface area (Å²) in [4.78, 5) is 0.322. The van der Waals surface area contributed by atoms with Crippen molar-refractivity contribution in [1.29, 1.82) is 0 Å². The van der Waals surface area contributed by atoms with E-state index in [2.05, 4.69) is 4.72 Å². The summed E-state index contributed by atoms with van der Waals surface area (Å²) in [6.07, 6.45) is 4.31. The summed E-state index contributed by atoms with van der Waals surface area (Å²) >= 11 is 0. The SMILES string of the molecule is Cc1ccc(S(=O)(=O)NC[C@@H]2CCCC[C@@H]2N)cc1. The topological polar surface area (TPSA) is 72.2 Å². The summed E-state index contributed by atoms with van der Waals surface area (Å²) in [7, 11) is -3.41. The number of hydrogen-bond donors (Lipinski definition) is 2. The van der Waals surface area contributed by atoms with Gasteiger partial charge in [-0.3, -0.25) is 0 Å². The van der Waals surface area contributed by atoms with Crippen molar-refractivity contribution in [3.63, 3.8) is 0 Å². The third-order valence-corrected chi connectivity index (χ3v) is 5.27. The van der Waals surface area contributed by atoms with Crippen LogP contribution in [-0.2, 0) is 10.0 Å². The molecule has 2 rings (SSSR count). The summed E-state index contributed by atoms with van der Waals surface area (Å²) in [5.41, 5.74) is 7.08. The van der Waals surface area contributed by atoms with Crippen LogP contribution < -0.4 is 10.5 Å². The molecule has 0 heterocycles. The van der Waals surface area contributed by atoms with E-state index in [4.69, 9.17) is 5.73 Å². The molecule has 0 unspecified atom stereocenters. The van der Waals surface area contributed by atoms with E-state index in [1.165, 1.54) is 0 Å². The smallest absolute Gasteiger partial charge is 0.240 e. The number of nitrogens with one attached hydrogen (secondary N) is 1.